The third kappa shape index (κ3) is 4.35. The molecular formula is C17H27ClN2O. The minimum absolute atomic E-state index is 0.0495. The average Bonchev–Trinajstić information content (AvgIpc) is 2.49. The third-order valence-electron chi connectivity index (χ3n) is 4.30. The van der Waals surface area contributed by atoms with Crippen LogP contribution in [0, 0.1) is 0 Å². The second-order valence-corrected chi connectivity index (χ2v) is 6.54. The monoisotopic (exact) mass is 310 g/mol. The van der Waals surface area contributed by atoms with Crippen LogP contribution in [0.15, 0.2) is 18.2 Å². The van der Waals surface area contributed by atoms with Crippen molar-refractivity contribution in [3.63, 3.8) is 0 Å². The van der Waals surface area contributed by atoms with Gasteiger partial charge in [0.05, 0.1) is 5.60 Å². The first-order valence-corrected chi connectivity index (χ1v) is 8.25. The number of rotatable bonds is 6. The smallest absolute Gasteiger partial charge is 0.0825 e. The summed E-state index contributed by atoms with van der Waals surface area (Å²) in [7, 11) is 1.80. The molecule has 0 saturated carbocycles. The highest BCUT2D eigenvalue weighted by atomic mass is 35.5. The first-order chi connectivity index (χ1) is 10.1. The van der Waals surface area contributed by atoms with E-state index in [-0.39, 0.29) is 5.60 Å². The molecule has 1 heterocycles. The number of nitrogens with zero attached hydrogens (tertiary/aromatic N) is 1. The highest BCUT2D eigenvalue weighted by molar-refractivity contribution is 6.31. The van der Waals surface area contributed by atoms with Crippen molar-refractivity contribution in [2.45, 2.75) is 45.3 Å². The maximum absolute atomic E-state index is 6.43. The molecule has 1 aliphatic rings. The molecular weight excluding hydrogens is 284 g/mol. The fraction of sp³-hybridized carbons (Fsp3) is 0.647. The quantitative estimate of drug-likeness (QED) is 0.808. The molecule has 0 radical (unpaired) electrons. The SMILES string of the molecule is CCCNCc1ccc(N2CCCC(C)(OC)C2)cc1Cl. The first kappa shape index (κ1) is 16.6. The van der Waals surface area contributed by atoms with Gasteiger partial charge in [-0.1, -0.05) is 24.6 Å². The average molecular weight is 311 g/mol. The van der Waals surface area contributed by atoms with E-state index in [9.17, 15) is 0 Å². The lowest BCUT2D eigenvalue weighted by Crippen LogP contribution is -2.47. The summed E-state index contributed by atoms with van der Waals surface area (Å²) in [5, 5.41) is 4.24. The molecule has 1 saturated heterocycles. The molecule has 2 rings (SSSR count). The van der Waals surface area contributed by atoms with Gasteiger partial charge in [-0.2, -0.15) is 0 Å². The number of piperidine rings is 1. The zero-order valence-corrected chi connectivity index (χ0v) is 14.2. The van der Waals surface area contributed by atoms with Gasteiger partial charge in [0.15, 0.2) is 0 Å². The Kier molecular flexibility index (Phi) is 5.91. The van der Waals surface area contributed by atoms with Gasteiger partial charge in [-0.25, -0.2) is 0 Å². The van der Waals surface area contributed by atoms with Crippen LogP contribution in [0.2, 0.25) is 5.02 Å². The maximum atomic E-state index is 6.43. The van der Waals surface area contributed by atoms with Gasteiger partial charge in [-0.05, 0) is 50.4 Å². The highest BCUT2D eigenvalue weighted by Crippen LogP contribution is 2.30. The van der Waals surface area contributed by atoms with Gasteiger partial charge < -0.3 is 15.0 Å². The molecule has 1 atom stereocenters. The van der Waals surface area contributed by atoms with E-state index in [1.54, 1.807) is 7.11 Å². The van der Waals surface area contributed by atoms with Crippen molar-refractivity contribution in [2.75, 3.05) is 31.6 Å². The third-order valence-corrected chi connectivity index (χ3v) is 4.65. The standard InChI is InChI=1S/C17H27ClN2O/c1-4-9-19-12-14-6-7-15(11-16(14)18)20-10-5-8-17(2,13-20)21-3/h6-7,11,19H,4-5,8-10,12-13H2,1-3H3. The minimum atomic E-state index is -0.0495. The Morgan fingerprint density at radius 2 is 2.24 bits per heavy atom. The molecule has 1 aliphatic heterocycles. The molecule has 1 aromatic rings. The molecule has 4 heteroatoms. The Balaban J connectivity index is 2.05. The van der Waals surface area contributed by atoms with Crippen molar-refractivity contribution in [3.8, 4) is 0 Å². The molecule has 0 aromatic heterocycles. The molecule has 1 aromatic carbocycles. The van der Waals surface area contributed by atoms with Crippen LogP contribution >= 0.6 is 11.6 Å². The van der Waals surface area contributed by atoms with Gasteiger partial charge >= 0.3 is 0 Å². The lowest BCUT2D eigenvalue weighted by molar-refractivity contribution is -0.00465. The molecule has 0 amide bonds. The van der Waals surface area contributed by atoms with Crippen molar-refractivity contribution in [1.82, 2.24) is 5.32 Å². The van der Waals surface area contributed by atoms with Gasteiger partial charge in [0.1, 0.15) is 0 Å². The van der Waals surface area contributed by atoms with Crippen LogP contribution in [0.3, 0.4) is 0 Å². The largest absolute Gasteiger partial charge is 0.377 e. The minimum Gasteiger partial charge on any atom is -0.377 e. The number of benzene rings is 1. The summed E-state index contributed by atoms with van der Waals surface area (Å²) in [6.45, 7) is 8.21. The zero-order valence-electron chi connectivity index (χ0n) is 13.4. The molecule has 0 aliphatic carbocycles. The fourth-order valence-electron chi connectivity index (χ4n) is 2.87. The number of nitrogens with one attached hydrogen (secondary N) is 1. The number of anilines is 1. The molecule has 0 bridgehead atoms. The van der Waals surface area contributed by atoms with Gasteiger partial charge in [0.2, 0.25) is 0 Å². The number of halogens is 1. The van der Waals surface area contributed by atoms with Crippen LogP contribution in [0.5, 0.6) is 0 Å². The lowest BCUT2D eigenvalue weighted by atomic mass is 9.94. The summed E-state index contributed by atoms with van der Waals surface area (Å²) >= 11 is 6.43. The number of methoxy groups -OCH3 is 1. The van der Waals surface area contributed by atoms with E-state index in [1.807, 2.05) is 0 Å². The Morgan fingerprint density at radius 1 is 1.43 bits per heavy atom. The fourth-order valence-corrected chi connectivity index (χ4v) is 3.11. The summed E-state index contributed by atoms with van der Waals surface area (Å²) in [5.74, 6) is 0. The predicted octanol–water partition coefficient (Wildman–Crippen LogP) is 3.84. The Labute approximate surface area is 133 Å². The Hall–Kier alpha value is -0.770. The molecule has 1 fully saturated rings. The number of hydrogen-bond donors (Lipinski definition) is 1. The topological polar surface area (TPSA) is 24.5 Å². The second kappa shape index (κ2) is 7.48. The summed E-state index contributed by atoms with van der Waals surface area (Å²) in [6, 6.07) is 6.40. The number of ether oxygens (including phenoxy) is 1. The molecule has 0 spiro atoms. The van der Waals surface area contributed by atoms with Crippen molar-refractivity contribution in [1.29, 1.82) is 0 Å². The van der Waals surface area contributed by atoms with E-state index in [4.69, 9.17) is 16.3 Å². The Bertz CT molecular complexity index is 466. The summed E-state index contributed by atoms with van der Waals surface area (Å²) in [6.07, 6.45) is 3.41. The van der Waals surface area contributed by atoms with E-state index in [0.717, 1.165) is 50.5 Å². The van der Waals surface area contributed by atoms with E-state index in [0.29, 0.717) is 0 Å². The van der Waals surface area contributed by atoms with E-state index >= 15 is 0 Å². The molecule has 1 unspecified atom stereocenters. The molecule has 21 heavy (non-hydrogen) atoms. The van der Waals surface area contributed by atoms with Crippen LogP contribution in [0.4, 0.5) is 5.69 Å². The van der Waals surface area contributed by atoms with E-state index < -0.39 is 0 Å². The van der Waals surface area contributed by atoms with Crippen LogP contribution < -0.4 is 10.2 Å². The van der Waals surface area contributed by atoms with Gasteiger partial charge in [-0.3, -0.25) is 0 Å². The van der Waals surface area contributed by atoms with Crippen LogP contribution in [0.25, 0.3) is 0 Å². The lowest BCUT2D eigenvalue weighted by Gasteiger charge is -2.40. The second-order valence-electron chi connectivity index (χ2n) is 6.13. The van der Waals surface area contributed by atoms with Gasteiger partial charge in [-0.15, -0.1) is 0 Å². The first-order valence-electron chi connectivity index (χ1n) is 7.87. The summed E-state index contributed by atoms with van der Waals surface area (Å²) in [5.41, 5.74) is 2.31. The van der Waals surface area contributed by atoms with Crippen LogP contribution in [-0.4, -0.2) is 32.3 Å². The van der Waals surface area contributed by atoms with Crippen molar-refractivity contribution in [2.24, 2.45) is 0 Å². The maximum Gasteiger partial charge on any atom is 0.0825 e. The molecule has 118 valence electrons. The highest BCUT2D eigenvalue weighted by Gasteiger charge is 2.30. The summed E-state index contributed by atoms with van der Waals surface area (Å²) in [4.78, 5) is 2.38. The Morgan fingerprint density at radius 3 is 2.90 bits per heavy atom. The van der Waals surface area contributed by atoms with Crippen LogP contribution in [0.1, 0.15) is 38.7 Å². The number of hydrogen-bond acceptors (Lipinski definition) is 3. The van der Waals surface area contributed by atoms with Crippen molar-refractivity contribution >= 4 is 17.3 Å². The van der Waals surface area contributed by atoms with E-state index in [2.05, 4.69) is 42.3 Å². The van der Waals surface area contributed by atoms with Crippen molar-refractivity contribution in [3.05, 3.63) is 28.8 Å². The zero-order chi connectivity index (χ0) is 15.3. The van der Waals surface area contributed by atoms with Crippen molar-refractivity contribution < 1.29 is 4.74 Å². The van der Waals surface area contributed by atoms with Crippen LogP contribution in [-0.2, 0) is 11.3 Å². The summed E-state index contributed by atoms with van der Waals surface area (Å²) < 4.78 is 5.67. The normalized spacial score (nSPS) is 22.6. The van der Waals surface area contributed by atoms with E-state index in [1.165, 1.54) is 11.3 Å². The predicted molar refractivity (Wildman–Crippen MR) is 90.3 cm³/mol. The van der Waals surface area contributed by atoms with Gasteiger partial charge in [0, 0.05) is 37.5 Å². The molecule has 3 nitrogen and oxygen atoms in total. The van der Waals surface area contributed by atoms with Gasteiger partial charge in [0.25, 0.3) is 0 Å². The molecule has 1 N–H and O–H groups in total.